The molecule has 1 aromatic rings. The Morgan fingerprint density at radius 1 is 1.29 bits per heavy atom. The Bertz CT molecular complexity index is 343. The van der Waals surface area contributed by atoms with Crippen LogP contribution in [0.2, 0.25) is 0 Å². The maximum Gasteiger partial charge on any atom is 0.225 e. The molecule has 0 aliphatic heterocycles. The SMILES string of the molecule is CCCN(CCN)c1nc(C)cc(C(C)C)n1. The molecule has 0 saturated carbocycles. The lowest BCUT2D eigenvalue weighted by molar-refractivity contribution is 0.719. The highest BCUT2D eigenvalue weighted by atomic mass is 15.3. The summed E-state index contributed by atoms with van der Waals surface area (Å²) in [5.41, 5.74) is 7.76. The van der Waals surface area contributed by atoms with Crippen molar-refractivity contribution in [2.45, 2.75) is 40.0 Å². The first-order valence-corrected chi connectivity index (χ1v) is 6.39. The van der Waals surface area contributed by atoms with Crippen molar-refractivity contribution in [3.05, 3.63) is 17.5 Å². The van der Waals surface area contributed by atoms with E-state index in [2.05, 4.69) is 41.7 Å². The van der Waals surface area contributed by atoms with Gasteiger partial charge >= 0.3 is 0 Å². The highest BCUT2D eigenvalue weighted by molar-refractivity contribution is 5.33. The lowest BCUT2D eigenvalue weighted by Crippen LogP contribution is -2.32. The highest BCUT2D eigenvalue weighted by Crippen LogP contribution is 2.16. The van der Waals surface area contributed by atoms with Gasteiger partial charge in [-0.25, -0.2) is 9.97 Å². The van der Waals surface area contributed by atoms with Crippen LogP contribution in [0.3, 0.4) is 0 Å². The monoisotopic (exact) mass is 236 g/mol. The predicted molar refractivity (Wildman–Crippen MR) is 72.4 cm³/mol. The molecule has 17 heavy (non-hydrogen) atoms. The Labute approximate surface area is 104 Å². The minimum absolute atomic E-state index is 0.428. The molecule has 0 unspecified atom stereocenters. The Hall–Kier alpha value is -1.16. The zero-order valence-electron chi connectivity index (χ0n) is 11.4. The Kier molecular flexibility index (Phi) is 5.35. The fourth-order valence-electron chi connectivity index (χ4n) is 1.75. The summed E-state index contributed by atoms with van der Waals surface area (Å²) in [6, 6.07) is 2.06. The van der Waals surface area contributed by atoms with Crippen LogP contribution in [0.1, 0.15) is 44.5 Å². The van der Waals surface area contributed by atoms with E-state index in [4.69, 9.17) is 5.73 Å². The molecule has 0 aromatic carbocycles. The first kappa shape index (κ1) is 13.9. The number of aromatic nitrogens is 2. The van der Waals surface area contributed by atoms with Gasteiger partial charge in [0.25, 0.3) is 0 Å². The van der Waals surface area contributed by atoms with Crippen molar-refractivity contribution in [2.24, 2.45) is 5.73 Å². The molecule has 1 aromatic heterocycles. The fraction of sp³-hybridized carbons (Fsp3) is 0.692. The van der Waals surface area contributed by atoms with Gasteiger partial charge < -0.3 is 10.6 Å². The summed E-state index contributed by atoms with van der Waals surface area (Å²) in [7, 11) is 0. The molecule has 0 fully saturated rings. The summed E-state index contributed by atoms with van der Waals surface area (Å²) in [5, 5.41) is 0. The van der Waals surface area contributed by atoms with Crippen LogP contribution in [-0.4, -0.2) is 29.6 Å². The van der Waals surface area contributed by atoms with Gasteiger partial charge in [-0.2, -0.15) is 0 Å². The zero-order chi connectivity index (χ0) is 12.8. The normalized spacial score (nSPS) is 10.9. The average Bonchev–Trinajstić information content (AvgIpc) is 2.28. The molecule has 96 valence electrons. The molecular weight excluding hydrogens is 212 g/mol. The summed E-state index contributed by atoms with van der Waals surface area (Å²) >= 11 is 0. The standard InChI is InChI=1S/C13H24N4/c1-5-7-17(8-6-14)13-15-11(4)9-12(16-13)10(2)3/h9-10H,5-8,14H2,1-4H3. The molecular formula is C13H24N4. The van der Waals surface area contributed by atoms with Crippen molar-refractivity contribution >= 4 is 5.95 Å². The molecule has 0 radical (unpaired) electrons. The summed E-state index contributed by atoms with van der Waals surface area (Å²) < 4.78 is 0. The molecule has 1 heterocycles. The van der Waals surface area contributed by atoms with Crippen LogP contribution in [0, 0.1) is 6.92 Å². The van der Waals surface area contributed by atoms with Gasteiger partial charge in [-0.3, -0.25) is 0 Å². The Morgan fingerprint density at radius 3 is 2.53 bits per heavy atom. The van der Waals surface area contributed by atoms with Crippen LogP contribution < -0.4 is 10.6 Å². The number of nitrogens with two attached hydrogens (primary N) is 1. The van der Waals surface area contributed by atoms with Crippen LogP contribution in [-0.2, 0) is 0 Å². The molecule has 0 bridgehead atoms. The number of aryl methyl sites for hydroxylation is 1. The molecule has 4 nitrogen and oxygen atoms in total. The van der Waals surface area contributed by atoms with Gasteiger partial charge in [0.05, 0.1) is 0 Å². The maximum atomic E-state index is 5.64. The third-order valence-electron chi connectivity index (χ3n) is 2.63. The van der Waals surface area contributed by atoms with Crippen LogP contribution in [0.5, 0.6) is 0 Å². The van der Waals surface area contributed by atoms with Gasteiger partial charge in [-0.05, 0) is 25.3 Å². The van der Waals surface area contributed by atoms with Crippen LogP contribution in [0.4, 0.5) is 5.95 Å². The number of anilines is 1. The smallest absolute Gasteiger partial charge is 0.225 e. The Morgan fingerprint density at radius 2 is 2.00 bits per heavy atom. The van der Waals surface area contributed by atoms with E-state index in [1.54, 1.807) is 0 Å². The second-order valence-electron chi connectivity index (χ2n) is 4.66. The van der Waals surface area contributed by atoms with Crippen LogP contribution in [0.25, 0.3) is 0 Å². The average molecular weight is 236 g/mol. The van der Waals surface area contributed by atoms with E-state index in [0.717, 1.165) is 36.8 Å². The summed E-state index contributed by atoms with van der Waals surface area (Å²) in [6.45, 7) is 10.9. The van der Waals surface area contributed by atoms with Crippen molar-refractivity contribution in [1.29, 1.82) is 0 Å². The number of hydrogen-bond acceptors (Lipinski definition) is 4. The van der Waals surface area contributed by atoms with Gasteiger partial charge in [0.2, 0.25) is 5.95 Å². The molecule has 0 aliphatic carbocycles. The quantitative estimate of drug-likeness (QED) is 0.821. The first-order valence-electron chi connectivity index (χ1n) is 6.39. The highest BCUT2D eigenvalue weighted by Gasteiger charge is 2.11. The maximum absolute atomic E-state index is 5.64. The van der Waals surface area contributed by atoms with Crippen molar-refractivity contribution in [3.8, 4) is 0 Å². The van der Waals surface area contributed by atoms with E-state index in [-0.39, 0.29) is 0 Å². The van der Waals surface area contributed by atoms with Gasteiger partial charge in [0.1, 0.15) is 0 Å². The van der Waals surface area contributed by atoms with Gasteiger partial charge in [-0.1, -0.05) is 20.8 Å². The number of nitrogens with zero attached hydrogens (tertiary/aromatic N) is 3. The second-order valence-corrected chi connectivity index (χ2v) is 4.66. The fourth-order valence-corrected chi connectivity index (χ4v) is 1.75. The van der Waals surface area contributed by atoms with Crippen LogP contribution in [0.15, 0.2) is 6.07 Å². The topological polar surface area (TPSA) is 55.0 Å². The third-order valence-corrected chi connectivity index (χ3v) is 2.63. The second kappa shape index (κ2) is 6.55. The van der Waals surface area contributed by atoms with E-state index >= 15 is 0 Å². The molecule has 2 N–H and O–H groups in total. The lowest BCUT2D eigenvalue weighted by atomic mass is 10.1. The summed E-state index contributed by atoms with van der Waals surface area (Å²) in [4.78, 5) is 11.3. The van der Waals surface area contributed by atoms with E-state index < -0.39 is 0 Å². The van der Waals surface area contributed by atoms with Crippen molar-refractivity contribution in [3.63, 3.8) is 0 Å². The molecule has 0 amide bonds. The van der Waals surface area contributed by atoms with E-state index in [1.807, 2.05) is 6.92 Å². The number of hydrogen-bond donors (Lipinski definition) is 1. The predicted octanol–water partition coefficient (Wildman–Crippen LogP) is 2.08. The summed E-state index contributed by atoms with van der Waals surface area (Å²) in [5.74, 6) is 1.25. The minimum Gasteiger partial charge on any atom is -0.340 e. The van der Waals surface area contributed by atoms with E-state index in [0.29, 0.717) is 12.5 Å². The van der Waals surface area contributed by atoms with Crippen molar-refractivity contribution in [1.82, 2.24) is 9.97 Å². The number of rotatable bonds is 6. The molecule has 1 rings (SSSR count). The molecule has 0 spiro atoms. The third kappa shape index (κ3) is 3.97. The van der Waals surface area contributed by atoms with Crippen molar-refractivity contribution in [2.75, 3.05) is 24.5 Å². The molecule has 0 saturated heterocycles. The zero-order valence-corrected chi connectivity index (χ0v) is 11.4. The van der Waals surface area contributed by atoms with Gasteiger partial charge in [0, 0.05) is 31.0 Å². The summed E-state index contributed by atoms with van der Waals surface area (Å²) in [6.07, 6.45) is 1.08. The molecule has 0 atom stereocenters. The first-order chi connectivity index (χ1) is 8.08. The largest absolute Gasteiger partial charge is 0.340 e. The van der Waals surface area contributed by atoms with Crippen molar-refractivity contribution < 1.29 is 0 Å². The van der Waals surface area contributed by atoms with E-state index in [9.17, 15) is 0 Å². The van der Waals surface area contributed by atoms with E-state index in [1.165, 1.54) is 0 Å². The molecule has 0 aliphatic rings. The van der Waals surface area contributed by atoms with Gasteiger partial charge in [0.15, 0.2) is 0 Å². The molecule has 4 heteroatoms. The van der Waals surface area contributed by atoms with Gasteiger partial charge in [-0.15, -0.1) is 0 Å². The minimum atomic E-state index is 0.428. The van der Waals surface area contributed by atoms with Crippen LogP contribution >= 0.6 is 0 Å². The lowest BCUT2D eigenvalue weighted by Gasteiger charge is -2.22. The Balaban J connectivity index is 3.00.